The molecule has 156 valence electrons. The lowest BCUT2D eigenvalue weighted by molar-refractivity contribution is -0.143. The molecule has 5 nitrogen and oxygen atoms in total. The van der Waals surface area contributed by atoms with Gasteiger partial charge in [0.2, 0.25) is 0 Å². The molecule has 0 radical (unpaired) electrons. The number of hydrogen-bond donors (Lipinski definition) is 2. The van der Waals surface area contributed by atoms with Crippen molar-refractivity contribution in [3.8, 4) is 5.75 Å². The first-order valence-electron chi connectivity index (χ1n) is 9.29. The second-order valence-corrected chi connectivity index (χ2v) is 8.30. The van der Waals surface area contributed by atoms with Gasteiger partial charge in [-0.05, 0) is 49.9 Å². The fourth-order valence-electron chi connectivity index (χ4n) is 2.96. The number of amides is 1. The molecule has 3 aromatic carbocycles. The first-order chi connectivity index (χ1) is 14.1. The molecule has 1 unspecified atom stereocenters. The molecule has 2 N–H and O–H groups in total. The van der Waals surface area contributed by atoms with Crippen molar-refractivity contribution in [3.63, 3.8) is 0 Å². The van der Waals surface area contributed by atoms with Crippen molar-refractivity contribution in [1.82, 2.24) is 5.32 Å². The van der Waals surface area contributed by atoms with Gasteiger partial charge in [0.25, 0.3) is 5.91 Å². The average molecular weight is 446 g/mol. The summed E-state index contributed by atoms with van der Waals surface area (Å²) in [6.07, 6.45) is -0.440. The van der Waals surface area contributed by atoms with Gasteiger partial charge in [0, 0.05) is 5.39 Å². The van der Waals surface area contributed by atoms with Crippen LogP contribution >= 0.6 is 23.2 Å². The molecule has 30 heavy (non-hydrogen) atoms. The Morgan fingerprint density at radius 3 is 2.40 bits per heavy atom. The highest BCUT2D eigenvalue weighted by atomic mass is 35.5. The van der Waals surface area contributed by atoms with Gasteiger partial charge in [0.15, 0.2) is 0 Å². The lowest BCUT2D eigenvalue weighted by Gasteiger charge is -2.24. The molecule has 3 aromatic rings. The summed E-state index contributed by atoms with van der Waals surface area (Å²) in [4.78, 5) is 24.4. The van der Waals surface area contributed by atoms with Crippen LogP contribution in [0.3, 0.4) is 0 Å². The number of nitrogens with one attached hydrogen (secondary N) is 1. The molecule has 3 rings (SSSR count). The summed E-state index contributed by atoms with van der Waals surface area (Å²) in [5.41, 5.74) is -0.403. The maximum atomic E-state index is 13.0. The zero-order valence-corrected chi connectivity index (χ0v) is 18.2. The molecule has 0 saturated carbocycles. The van der Waals surface area contributed by atoms with Crippen LogP contribution in [0.1, 0.15) is 42.8 Å². The van der Waals surface area contributed by atoms with Crippen LogP contribution in [0.15, 0.2) is 54.6 Å². The van der Waals surface area contributed by atoms with Gasteiger partial charge in [0.1, 0.15) is 17.4 Å². The number of carbonyl (C=O) groups excluding carboxylic acids is 1. The Kier molecular flexibility index (Phi) is 6.25. The van der Waals surface area contributed by atoms with Gasteiger partial charge in [-0.2, -0.15) is 0 Å². The number of halogens is 2. The minimum Gasteiger partial charge on any atom is -0.485 e. The van der Waals surface area contributed by atoms with Gasteiger partial charge >= 0.3 is 5.97 Å². The number of benzene rings is 3. The zero-order valence-electron chi connectivity index (χ0n) is 16.7. The Labute approximate surface area is 184 Å². The largest absolute Gasteiger partial charge is 0.485 e. The number of carboxylic acids is 1. The van der Waals surface area contributed by atoms with Crippen LogP contribution in [0.5, 0.6) is 5.75 Å². The van der Waals surface area contributed by atoms with Crippen molar-refractivity contribution in [2.24, 2.45) is 0 Å². The van der Waals surface area contributed by atoms with E-state index in [4.69, 9.17) is 27.9 Å². The highest BCUT2D eigenvalue weighted by Crippen LogP contribution is 2.35. The molecule has 0 bridgehead atoms. The van der Waals surface area contributed by atoms with E-state index in [1.807, 2.05) is 31.2 Å². The van der Waals surface area contributed by atoms with E-state index in [9.17, 15) is 14.7 Å². The summed E-state index contributed by atoms with van der Waals surface area (Å²) in [6.45, 7) is 4.69. The van der Waals surface area contributed by atoms with Crippen molar-refractivity contribution >= 4 is 45.9 Å². The summed E-state index contributed by atoms with van der Waals surface area (Å²) in [6, 6.07) is 16.1. The topological polar surface area (TPSA) is 75.6 Å². The molecule has 0 saturated heterocycles. The second kappa shape index (κ2) is 8.54. The average Bonchev–Trinajstić information content (AvgIpc) is 2.69. The van der Waals surface area contributed by atoms with Crippen LogP contribution in [0.2, 0.25) is 10.0 Å². The van der Waals surface area contributed by atoms with Gasteiger partial charge in [-0.1, -0.05) is 59.6 Å². The Balaban J connectivity index is 2.04. The minimum absolute atomic E-state index is 0.245. The van der Waals surface area contributed by atoms with E-state index in [2.05, 4.69) is 5.32 Å². The summed E-state index contributed by atoms with van der Waals surface area (Å²) >= 11 is 12.1. The molecule has 1 amide bonds. The van der Waals surface area contributed by atoms with Gasteiger partial charge in [-0.15, -0.1) is 0 Å². The lowest BCUT2D eigenvalue weighted by Crippen LogP contribution is -2.49. The van der Waals surface area contributed by atoms with E-state index in [0.29, 0.717) is 15.8 Å². The van der Waals surface area contributed by atoms with Crippen molar-refractivity contribution in [2.75, 3.05) is 0 Å². The quantitative estimate of drug-likeness (QED) is 0.496. The van der Waals surface area contributed by atoms with Crippen LogP contribution in [0.25, 0.3) is 10.8 Å². The van der Waals surface area contributed by atoms with E-state index >= 15 is 0 Å². The normalized spacial score (nSPS) is 12.4. The van der Waals surface area contributed by atoms with Crippen molar-refractivity contribution in [2.45, 2.75) is 32.4 Å². The zero-order chi connectivity index (χ0) is 22.1. The number of ether oxygens (including phenoxy) is 1. The van der Waals surface area contributed by atoms with Crippen LogP contribution in [-0.4, -0.2) is 22.5 Å². The molecule has 0 heterocycles. The molecule has 7 heteroatoms. The fourth-order valence-corrected chi connectivity index (χ4v) is 3.27. The molecule has 0 aromatic heterocycles. The van der Waals surface area contributed by atoms with Gasteiger partial charge in [-0.25, -0.2) is 4.79 Å². The second-order valence-electron chi connectivity index (χ2n) is 7.48. The molecule has 0 aliphatic carbocycles. The number of fused-ring (bicyclic) bond motifs is 1. The highest BCUT2D eigenvalue weighted by Gasteiger charge is 2.31. The van der Waals surface area contributed by atoms with Crippen LogP contribution in [-0.2, 0) is 4.79 Å². The Morgan fingerprint density at radius 1 is 1.03 bits per heavy atom. The van der Waals surface area contributed by atoms with E-state index in [-0.39, 0.29) is 5.56 Å². The van der Waals surface area contributed by atoms with Crippen molar-refractivity contribution < 1.29 is 19.4 Å². The molecule has 0 aliphatic heterocycles. The summed E-state index contributed by atoms with van der Waals surface area (Å²) in [7, 11) is 0. The summed E-state index contributed by atoms with van der Waals surface area (Å²) < 4.78 is 6.23. The Hall–Kier alpha value is -2.76. The van der Waals surface area contributed by atoms with Crippen LogP contribution < -0.4 is 10.1 Å². The third-order valence-electron chi connectivity index (χ3n) is 4.79. The standard InChI is InChI=1S/C23H21Cl2NO4/c1-13(15-9-11-18(24)19(25)12-15)30-20-16-7-5-4-6-14(16)8-10-17(20)21(27)26-23(2,3)22(28)29/h4-13H,1-3H3,(H,26,27)(H,28,29). The molecular weight excluding hydrogens is 425 g/mol. The monoisotopic (exact) mass is 445 g/mol. The predicted octanol–water partition coefficient (Wildman–Crippen LogP) is 5.88. The molecule has 0 fully saturated rings. The predicted molar refractivity (Wildman–Crippen MR) is 119 cm³/mol. The first kappa shape index (κ1) is 21.9. The third-order valence-corrected chi connectivity index (χ3v) is 5.53. The maximum absolute atomic E-state index is 13.0. The fraction of sp³-hybridized carbons (Fsp3) is 0.217. The molecule has 1 atom stereocenters. The molecule has 0 spiro atoms. The smallest absolute Gasteiger partial charge is 0.328 e. The number of aliphatic carboxylic acids is 1. The van der Waals surface area contributed by atoms with Crippen LogP contribution in [0, 0.1) is 0 Å². The molecular formula is C23H21Cl2NO4. The van der Waals surface area contributed by atoms with Crippen molar-refractivity contribution in [1.29, 1.82) is 0 Å². The number of carbonyl (C=O) groups is 2. The van der Waals surface area contributed by atoms with Crippen molar-refractivity contribution in [3.05, 3.63) is 75.8 Å². The van der Waals surface area contributed by atoms with Gasteiger partial charge in [-0.3, -0.25) is 4.79 Å². The summed E-state index contributed by atoms with van der Waals surface area (Å²) in [5.74, 6) is -1.31. The lowest BCUT2D eigenvalue weighted by atomic mass is 10.0. The van der Waals surface area contributed by atoms with Gasteiger partial charge < -0.3 is 15.2 Å². The maximum Gasteiger partial charge on any atom is 0.328 e. The SMILES string of the molecule is CC(Oc1c(C(=O)NC(C)(C)C(=O)O)ccc2ccccc12)c1ccc(Cl)c(Cl)c1. The van der Waals surface area contributed by atoms with Gasteiger partial charge in [0.05, 0.1) is 15.6 Å². The van der Waals surface area contributed by atoms with E-state index < -0.39 is 23.5 Å². The summed E-state index contributed by atoms with van der Waals surface area (Å²) in [5, 5.41) is 14.4. The van der Waals surface area contributed by atoms with Crippen LogP contribution in [0.4, 0.5) is 0 Å². The minimum atomic E-state index is -1.44. The number of rotatable bonds is 6. The Morgan fingerprint density at radius 2 is 1.73 bits per heavy atom. The number of carboxylic acid groups (broad SMARTS) is 1. The third kappa shape index (κ3) is 4.53. The van der Waals surface area contributed by atoms with E-state index in [0.717, 1.165) is 16.3 Å². The highest BCUT2D eigenvalue weighted by molar-refractivity contribution is 6.42. The number of hydrogen-bond acceptors (Lipinski definition) is 3. The van der Waals surface area contributed by atoms with E-state index in [1.165, 1.54) is 13.8 Å². The van der Waals surface area contributed by atoms with E-state index in [1.54, 1.807) is 30.3 Å². The molecule has 0 aliphatic rings. The Bertz CT molecular complexity index is 1130. The first-order valence-corrected chi connectivity index (χ1v) is 10.0.